The number of nitrogens with zero attached hydrogens (tertiary/aromatic N) is 2. The van der Waals surface area contributed by atoms with Crippen molar-refractivity contribution >= 4 is 27.5 Å². The van der Waals surface area contributed by atoms with Gasteiger partial charge >= 0.3 is 0 Å². The van der Waals surface area contributed by atoms with Gasteiger partial charge in [-0.25, -0.2) is 8.42 Å². The number of carbonyl (C=O) groups is 2. The van der Waals surface area contributed by atoms with Crippen molar-refractivity contribution in [3.63, 3.8) is 0 Å². The van der Waals surface area contributed by atoms with E-state index in [1.807, 2.05) is 49.4 Å². The molecule has 0 bridgehead atoms. The van der Waals surface area contributed by atoms with E-state index in [9.17, 15) is 18.0 Å². The lowest BCUT2D eigenvalue weighted by molar-refractivity contribution is -0.138. The lowest BCUT2D eigenvalue weighted by Crippen LogP contribution is -2.52. The first-order valence-corrected chi connectivity index (χ1v) is 14.4. The van der Waals surface area contributed by atoms with E-state index in [0.717, 1.165) is 34.5 Å². The number of sulfonamides is 1. The number of anilines is 1. The highest BCUT2D eigenvalue weighted by Gasteiger charge is 2.29. The highest BCUT2D eigenvalue weighted by Crippen LogP contribution is 2.26. The molecule has 0 spiro atoms. The first-order chi connectivity index (χ1) is 16.8. The summed E-state index contributed by atoms with van der Waals surface area (Å²) >= 11 is 0. The largest absolute Gasteiger partial charge is 0.354 e. The molecule has 2 aromatic rings. The normalized spacial score (nSPS) is 12.6. The van der Waals surface area contributed by atoms with Gasteiger partial charge in [0.2, 0.25) is 21.8 Å². The van der Waals surface area contributed by atoms with Gasteiger partial charge in [-0.05, 0) is 48.4 Å². The van der Waals surface area contributed by atoms with E-state index < -0.39 is 22.0 Å². The summed E-state index contributed by atoms with van der Waals surface area (Å²) in [4.78, 5) is 27.8. The van der Waals surface area contributed by atoms with E-state index in [0.29, 0.717) is 25.2 Å². The quantitative estimate of drug-likeness (QED) is 0.431. The molecule has 36 heavy (non-hydrogen) atoms. The number of hydrogen-bond donors (Lipinski definition) is 1. The zero-order chi connectivity index (χ0) is 26.9. The van der Waals surface area contributed by atoms with E-state index in [4.69, 9.17) is 0 Å². The van der Waals surface area contributed by atoms with Gasteiger partial charge < -0.3 is 10.2 Å². The molecule has 0 aliphatic carbocycles. The van der Waals surface area contributed by atoms with E-state index in [-0.39, 0.29) is 17.9 Å². The van der Waals surface area contributed by atoms with Crippen LogP contribution in [0.4, 0.5) is 5.69 Å². The molecule has 0 aliphatic heterocycles. The number of unbranched alkanes of at least 4 members (excludes halogenated alkanes) is 1. The molecular formula is C28H41N3O4S. The molecule has 1 N–H and O–H groups in total. The standard InChI is InChI=1S/C28H41N3O4S/c1-7-8-19-29-27(33)22(2)30(20-18-23-12-10-9-11-13-23)26(32)21-31(36(6,34)35)25-16-14-24(15-17-25)28(3,4)5/h9-17,22H,7-8,18-21H2,1-6H3,(H,29,33)/t22-/m1/s1. The molecule has 0 saturated heterocycles. The highest BCUT2D eigenvalue weighted by molar-refractivity contribution is 7.92. The zero-order valence-corrected chi connectivity index (χ0v) is 23.3. The summed E-state index contributed by atoms with van der Waals surface area (Å²) in [6, 6.07) is 16.2. The predicted molar refractivity (Wildman–Crippen MR) is 147 cm³/mol. The molecule has 1 atom stereocenters. The Labute approximate surface area is 216 Å². The van der Waals surface area contributed by atoms with Crippen LogP contribution in [0.15, 0.2) is 54.6 Å². The third kappa shape index (κ3) is 8.66. The minimum absolute atomic E-state index is 0.0842. The summed E-state index contributed by atoms with van der Waals surface area (Å²) in [6.07, 6.45) is 3.44. The summed E-state index contributed by atoms with van der Waals surface area (Å²) in [7, 11) is -3.74. The van der Waals surface area contributed by atoms with E-state index >= 15 is 0 Å². The molecule has 0 aliphatic rings. The van der Waals surface area contributed by atoms with Crippen molar-refractivity contribution in [1.82, 2.24) is 10.2 Å². The van der Waals surface area contributed by atoms with Gasteiger partial charge in [-0.2, -0.15) is 0 Å². The van der Waals surface area contributed by atoms with Gasteiger partial charge in [0, 0.05) is 13.1 Å². The van der Waals surface area contributed by atoms with E-state index in [2.05, 4.69) is 26.1 Å². The molecule has 2 amide bonds. The Hall–Kier alpha value is -2.87. The Bertz CT molecular complexity index is 1090. The highest BCUT2D eigenvalue weighted by atomic mass is 32.2. The van der Waals surface area contributed by atoms with Gasteiger partial charge in [-0.15, -0.1) is 0 Å². The van der Waals surface area contributed by atoms with Crippen molar-refractivity contribution in [2.75, 3.05) is 30.2 Å². The van der Waals surface area contributed by atoms with Crippen LogP contribution in [0.1, 0.15) is 58.6 Å². The number of carbonyl (C=O) groups excluding carboxylic acids is 2. The Morgan fingerprint density at radius 3 is 2.14 bits per heavy atom. The van der Waals surface area contributed by atoms with Gasteiger partial charge in [0.25, 0.3) is 0 Å². The van der Waals surface area contributed by atoms with Crippen LogP contribution in [0.25, 0.3) is 0 Å². The van der Waals surface area contributed by atoms with Crippen molar-refractivity contribution in [2.45, 2.75) is 65.3 Å². The minimum atomic E-state index is -3.74. The fraction of sp³-hybridized carbons (Fsp3) is 0.500. The van der Waals surface area contributed by atoms with Gasteiger partial charge in [0.1, 0.15) is 12.6 Å². The second-order valence-corrected chi connectivity index (χ2v) is 12.1. The van der Waals surface area contributed by atoms with Crippen LogP contribution in [0.2, 0.25) is 0 Å². The molecule has 0 heterocycles. The van der Waals surface area contributed by atoms with Crippen LogP contribution in [0.5, 0.6) is 0 Å². The summed E-state index contributed by atoms with van der Waals surface area (Å²) in [5.74, 6) is -0.667. The smallest absolute Gasteiger partial charge is 0.244 e. The Morgan fingerprint density at radius 2 is 1.61 bits per heavy atom. The number of rotatable bonds is 12. The third-order valence-corrected chi connectivity index (χ3v) is 7.32. The lowest BCUT2D eigenvalue weighted by atomic mass is 9.87. The first-order valence-electron chi connectivity index (χ1n) is 12.5. The Balaban J connectivity index is 2.29. The molecule has 8 heteroatoms. The maximum Gasteiger partial charge on any atom is 0.244 e. The average Bonchev–Trinajstić information content (AvgIpc) is 2.82. The van der Waals surface area contributed by atoms with Crippen LogP contribution < -0.4 is 9.62 Å². The molecule has 0 saturated carbocycles. The summed E-state index contributed by atoms with van der Waals surface area (Å²) in [5, 5.41) is 2.89. The van der Waals surface area contributed by atoms with Crippen molar-refractivity contribution < 1.29 is 18.0 Å². The molecule has 7 nitrogen and oxygen atoms in total. The van der Waals surface area contributed by atoms with Crippen LogP contribution in [0, 0.1) is 0 Å². The van der Waals surface area contributed by atoms with Crippen molar-refractivity contribution in [3.05, 3.63) is 65.7 Å². The number of nitrogens with one attached hydrogen (secondary N) is 1. The van der Waals surface area contributed by atoms with Crippen molar-refractivity contribution in [1.29, 1.82) is 0 Å². The predicted octanol–water partition coefficient (Wildman–Crippen LogP) is 4.13. The summed E-state index contributed by atoms with van der Waals surface area (Å²) < 4.78 is 26.5. The minimum Gasteiger partial charge on any atom is -0.354 e. The van der Waals surface area contributed by atoms with Gasteiger partial charge in [-0.1, -0.05) is 76.6 Å². The average molecular weight is 516 g/mol. The van der Waals surface area contributed by atoms with Gasteiger partial charge in [0.05, 0.1) is 11.9 Å². The number of amides is 2. The maximum atomic E-state index is 13.5. The van der Waals surface area contributed by atoms with E-state index in [1.165, 1.54) is 4.90 Å². The molecule has 0 unspecified atom stereocenters. The van der Waals surface area contributed by atoms with Crippen LogP contribution >= 0.6 is 0 Å². The molecule has 0 aromatic heterocycles. The molecule has 198 valence electrons. The third-order valence-electron chi connectivity index (χ3n) is 6.18. The molecular weight excluding hydrogens is 474 g/mol. The topological polar surface area (TPSA) is 86.8 Å². The van der Waals surface area contributed by atoms with Gasteiger partial charge in [-0.3, -0.25) is 13.9 Å². The van der Waals surface area contributed by atoms with Gasteiger partial charge in [0.15, 0.2) is 0 Å². The summed E-state index contributed by atoms with van der Waals surface area (Å²) in [6.45, 7) is 10.4. The fourth-order valence-corrected chi connectivity index (χ4v) is 4.70. The second-order valence-electron chi connectivity index (χ2n) is 10.2. The van der Waals surface area contributed by atoms with Crippen LogP contribution in [-0.2, 0) is 31.4 Å². The van der Waals surface area contributed by atoms with Crippen LogP contribution in [0.3, 0.4) is 0 Å². The molecule has 2 rings (SSSR count). The Morgan fingerprint density at radius 1 is 1.00 bits per heavy atom. The fourth-order valence-electron chi connectivity index (χ4n) is 3.85. The molecule has 2 aromatic carbocycles. The lowest BCUT2D eigenvalue weighted by Gasteiger charge is -2.31. The Kier molecular flexibility index (Phi) is 10.5. The molecule has 0 radical (unpaired) electrons. The first kappa shape index (κ1) is 29.4. The van der Waals surface area contributed by atoms with Crippen LogP contribution in [-0.4, -0.2) is 57.1 Å². The number of benzene rings is 2. The van der Waals surface area contributed by atoms with E-state index in [1.54, 1.807) is 19.1 Å². The monoisotopic (exact) mass is 515 g/mol. The second kappa shape index (κ2) is 12.9. The van der Waals surface area contributed by atoms with Crippen molar-refractivity contribution in [2.24, 2.45) is 0 Å². The zero-order valence-electron chi connectivity index (χ0n) is 22.5. The van der Waals surface area contributed by atoms with Crippen molar-refractivity contribution in [3.8, 4) is 0 Å². The summed E-state index contributed by atoms with van der Waals surface area (Å²) in [5.41, 5.74) is 2.43. The maximum absolute atomic E-state index is 13.5. The molecule has 0 fully saturated rings. The SMILES string of the molecule is CCCCNC(=O)[C@@H](C)N(CCc1ccccc1)C(=O)CN(c1ccc(C(C)(C)C)cc1)S(C)(=O)=O. The number of hydrogen-bond acceptors (Lipinski definition) is 4.